The van der Waals surface area contributed by atoms with E-state index in [4.69, 9.17) is 18.9 Å². The van der Waals surface area contributed by atoms with E-state index in [9.17, 15) is 9.59 Å². The predicted octanol–water partition coefficient (Wildman–Crippen LogP) is 2.97. The summed E-state index contributed by atoms with van der Waals surface area (Å²) in [4.78, 5) is 24.7. The summed E-state index contributed by atoms with van der Waals surface area (Å²) in [5.74, 6) is 0.750. The molecule has 2 N–H and O–H groups in total. The summed E-state index contributed by atoms with van der Waals surface area (Å²) in [5, 5.41) is 0. The van der Waals surface area contributed by atoms with Crippen LogP contribution in [0.3, 0.4) is 0 Å². The van der Waals surface area contributed by atoms with Gasteiger partial charge in [0.25, 0.3) is 11.8 Å². The van der Waals surface area contributed by atoms with Crippen LogP contribution in [0.4, 0.5) is 0 Å². The first-order chi connectivity index (χ1) is 14.0. The second-order valence-electron chi connectivity index (χ2n) is 6.05. The van der Waals surface area contributed by atoms with Gasteiger partial charge in [-0.1, -0.05) is 13.3 Å². The molecule has 29 heavy (non-hydrogen) atoms. The Balaban J connectivity index is 2.00. The van der Waals surface area contributed by atoms with E-state index in [1.807, 2.05) is 0 Å². The second kappa shape index (κ2) is 10.8. The van der Waals surface area contributed by atoms with Crippen LogP contribution in [0.25, 0.3) is 0 Å². The molecule has 0 bridgehead atoms. The standard InChI is InChI=1S/C21H26N2O6/c1-5-6-11-29-16-9-7-14(8-10-16)20(24)22-23-21(25)15-12-17(26-2)19(28-4)18(13-15)27-3/h7-10,12-13H,5-6,11H2,1-4H3,(H,22,24)(H,23,25). The average molecular weight is 402 g/mol. The highest BCUT2D eigenvalue weighted by molar-refractivity contribution is 5.99. The number of hydrogen-bond donors (Lipinski definition) is 2. The molecule has 2 amide bonds. The van der Waals surface area contributed by atoms with E-state index in [0.29, 0.717) is 35.2 Å². The molecule has 156 valence electrons. The molecule has 8 heteroatoms. The number of rotatable bonds is 9. The van der Waals surface area contributed by atoms with E-state index >= 15 is 0 Å². The number of nitrogens with one attached hydrogen (secondary N) is 2. The maximum absolute atomic E-state index is 12.4. The summed E-state index contributed by atoms with van der Waals surface area (Å²) >= 11 is 0. The minimum atomic E-state index is -0.530. The molecular weight excluding hydrogens is 376 g/mol. The van der Waals surface area contributed by atoms with Gasteiger partial charge in [-0.05, 0) is 42.8 Å². The molecule has 0 aromatic heterocycles. The van der Waals surface area contributed by atoms with Gasteiger partial charge in [-0.15, -0.1) is 0 Å². The first-order valence-electron chi connectivity index (χ1n) is 9.17. The van der Waals surface area contributed by atoms with Crippen LogP contribution in [-0.4, -0.2) is 39.8 Å². The Morgan fingerprint density at radius 1 is 0.828 bits per heavy atom. The molecule has 2 aromatic carbocycles. The van der Waals surface area contributed by atoms with Crippen molar-refractivity contribution < 1.29 is 28.5 Å². The fourth-order valence-electron chi connectivity index (χ4n) is 2.51. The third-order valence-corrected chi connectivity index (χ3v) is 4.10. The highest BCUT2D eigenvalue weighted by Crippen LogP contribution is 2.38. The first kappa shape index (κ1) is 21.9. The Kier molecular flexibility index (Phi) is 8.14. The Bertz CT molecular complexity index is 811. The Labute approximate surface area is 170 Å². The lowest BCUT2D eigenvalue weighted by Gasteiger charge is -2.14. The van der Waals surface area contributed by atoms with Gasteiger partial charge in [0.15, 0.2) is 11.5 Å². The molecule has 0 saturated carbocycles. The molecule has 0 spiro atoms. The van der Waals surface area contributed by atoms with Crippen LogP contribution >= 0.6 is 0 Å². The van der Waals surface area contributed by atoms with E-state index in [2.05, 4.69) is 17.8 Å². The van der Waals surface area contributed by atoms with Crippen molar-refractivity contribution in [1.82, 2.24) is 10.9 Å². The SMILES string of the molecule is CCCCOc1ccc(C(=O)NNC(=O)c2cc(OC)c(OC)c(OC)c2)cc1. The monoisotopic (exact) mass is 402 g/mol. The third-order valence-electron chi connectivity index (χ3n) is 4.10. The largest absolute Gasteiger partial charge is 0.494 e. The number of hydrazine groups is 1. The molecule has 0 radical (unpaired) electrons. The van der Waals surface area contributed by atoms with E-state index in [1.54, 1.807) is 24.3 Å². The smallest absolute Gasteiger partial charge is 0.269 e. The maximum Gasteiger partial charge on any atom is 0.269 e. The van der Waals surface area contributed by atoms with Crippen LogP contribution in [0.15, 0.2) is 36.4 Å². The van der Waals surface area contributed by atoms with Crippen LogP contribution in [0.2, 0.25) is 0 Å². The van der Waals surface area contributed by atoms with E-state index in [1.165, 1.54) is 33.5 Å². The topological polar surface area (TPSA) is 95.1 Å². The Hall–Kier alpha value is -3.42. The van der Waals surface area contributed by atoms with Crippen molar-refractivity contribution in [3.63, 3.8) is 0 Å². The lowest BCUT2D eigenvalue weighted by atomic mass is 10.1. The van der Waals surface area contributed by atoms with Crippen LogP contribution in [0, 0.1) is 0 Å². The number of ether oxygens (including phenoxy) is 4. The zero-order valence-electron chi connectivity index (χ0n) is 17.0. The fraction of sp³-hybridized carbons (Fsp3) is 0.333. The van der Waals surface area contributed by atoms with Crippen molar-refractivity contribution in [2.75, 3.05) is 27.9 Å². The molecule has 0 heterocycles. The van der Waals surface area contributed by atoms with Crippen LogP contribution in [0.5, 0.6) is 23.0 Å². The summed E-state index contributed by atoms with van der Waals surface area (Å²) in [5.41, 5.74) is 5.38. The highest BCUT2D eigenvalue weighted by Gasteiger charge is 2.17. The van der Waals surface area contributed by atoms with Crippen molar-refractivity contribution in [3.05, 3.63) is 47.5 Å². The summed E-state index contributed by atoms with van der Waals surface area (Å²) < 4.78 is 21.2. The quantitative estimate of drug-likeness (QED) is 0.495. The molecule has 0 saturated heterocycles. The first-order valence-corrected chi connectivity index (χ1v) is 9.17. The van der Waals surface area contributed by atoms with E-state index < -0.39 is 11.8 Å². The summed E-state index contributed by atoms with van der Waals surface area (Å²) in [6, 6.07) is 9.66. The lowest BCUT2D eigenvalue weighted by molar-refractivity contribution is 0.0846. The summed E-state index contributed by atoms with van der Waals surface area (Å²) in [7, 11) is 4.38. The Morgan fingerprint density at radius 3 is 1.86 bits per heavy atom. The molecule has 2 aromatic rings. The Morgan fingerprint density at radius 2 is 1.38 bits per heavy atom. The highest BCUT2D eigenvalue weighted by atomic mass is 16.5. The maximum atomic E-state index is 12.4. The fourth-order valence-corrected chi connectivity index (χ4v) is 2.51. The molecule has 0 atom stereocenters. The van der Waals surface area contributed by atoms with E-state index in [-0.39, 0.29) is 5.56 Å². The number of carbonyl (C=O) groups is 2. The van der Waals surface area contributed by atoms with Gasteiger partial charge in [0.05, 0.1) is 27.9 Å². The van der Waals surface area contributed by atoms with Gasteiger partial charge in [0.1, 0.15) is 5.75 Å². The summed E-state index contributed by atoms with van der Waals surface area (Å²) in [6.07, 6.45) is 2.02. The normalized spacial score (nSPS) is 10.1. The molecule has 0 fully saturated rings. The molecule has 0 aliphatic rings. The van der Waals surface area contributed by atoms with Gasteiger partial charge in [-0.2, -0.15) is 0 Å². The number of amides is 2. The number of carbonyl (C=O) groups excluding carboxylic acids is 2. The molecule has 2 rings (SSSR count). The van der Waals surface area contributed by atoms with Gasteiger partial charge in [0.2, 0.25) is 5.75 Å². The van der Waals surface area contributed by atoms with Crippen molar-refractivity contribution in [2.45, 2.75) is 19.8 Å². The van der Waals surface area contributed by atoms with Crippen LogP contribution < -0.4 is 29.8 Å². The number of hydrogen-bond acceptors (Lipinski definition) is 6. The summed E-state index contributed by atoms with van der Waals surface area (Å²) in [6.45, 7) is 2.72. The zero-order chi connectivity index (χ0) is 21.2. The minimum Gasteiger partial charge on any atom is -0.494 e. The molecule has 8 nitrogen and oxygen atoms in total. The van der Waals surface area contributed by atoms with Crippen molar-refractivity contribution in [3.8, 4) is 23.0 Å². The van der Waals surface area contributed by atoms with Gasteiger partial charge < -0.3 is 18.9 Å². The minimum absolute atomic E-state index is 0.236. The average Bonchev–Trinajstić information content (AvgIpc) is 2.76. The third kappa shape index (κ3) is 5.78. The lowest BCUT2D eigenvalue weighted by Crippen LogP contribution is -2.41. The van der Waals surface area contributed by atoms with Crippen LogP contribution in [-0.2, 0) is 0 Å². The molecule has 0 unspecified atom stereocenters. The predicted molar refractivity (Wildman–Crippen MR) is 108 cm³/mol. The van der Waals surface area contributed by atoms with Crippen LogP contribution in [0.1, 0.15) is 40.5 Å². The number of benzene rings is 2. The second-order valence-corrected chi connectivity index (χ2v) is 6.05. The number of methoxy groups -OCH3 is 3. The van der Waals surface area contributed by atoms with Gasteiger partial charge in [-0.25, -0.2) is 0 Å². The van der Waals surface area contributed by atoms with Gasteiger partial charge in [-0.3, -0.25) is 20.4 Å². The van der Waals surface area contributed by atoms with Crippen molar-refractivity contribution in [2.24, 2.45) is 0 Å². The van der Waals surface area contributed by atoms with Gasteiger partial charge >= 0.3 is 0 Å². The molecular formula is C21H26N2O6. The van der Waals surface area contributed by atoms with Crippen molar-refractivity contribution in [1.29, 1.82) is 0 Å². The number of unbranched alkanes of at least 4 members (excludes halogenated alkanes) is 1. The molecule has 0 aliphatic heterocycles. The molecule has 0 aliphatic carbocycles. The zero-order valence-corrected chi connectivity index (χ0v) is 17.0. The van der Waals surface area contributed by atoms with Gasteiger partial charge in [0, 0.05) is 11.1 Å². The van der Waals surface area contributed by atoms with E-state index in [0.717, 1.165) is 12.8 Å². The van der Waals surface area contributed by atoms with Crippen molar-refractivity contribution >= 4 is 11.8 Å².